The maximum absolute atomic E-state index is 12.6. The molecule has 0 spiro atoms. The number of carbonyl (C=O) groups excluding carboxylic acids is 1. The number of nitrogens with one attached hydrogen (secondary N) is 1. The first kappa shape index (κ1) is 15.9. The Hall–Kier alpha value is -1.95. The van der Waals surface area contributed by atoms with Crippen molar-refractivity contribution < 1.29 is 9.53 Å². The molecule has 0 bridgehead atoms. The minimum absolute atomic E-state index is 0.0756. The molecule has 122 valence electrons. The van der Waals surface area contributed by atoms with E-state index in [0.29, 0.717) is 23.1 Å². The van der Waals surface area contributed by atoms with Crippen molar-refractivity contribution in [3.8, 4) is 5.75 Å². The van der Waals surface area contributed by atoms with Gasteiger partial charge in [-0.15, -0.1) is 0 Å². The van der Waals surface area contributed by atoms with Gasteiger partial charge >= 0.3 is 0 Å². The molecule has 3 rings (SSSR count). The lowest BCUT2D eigenvalue weighted by atomic mass is 9.86. The fourth-order valence-electron chi connectivity index (χ4n) is 2.48. The van der Waals surface area contributed by atoms with E-state index in [2.05, 4.69) is 28.5 Å². The van der Waals surface area contributed by atoms with Crippen LogP contribution in [0.5, 0.6) is 5.75 Å². The number of fused-ring (bicyclic) bond motifs is 1. The SMILES string of the molecule is CC(C)(C)c1nsc(NC(=O)c2cccc3c2OCC3(C)C)n1. The van der Waals surface area contributed by atoms with Gasteiger partial charge in [0.25, 0.3) is 5.91 Å². The van der Waals surface area contributed by atoms with Crippen molar-refractivity contribution in [2.24, 2.45) is 0 Å². The third kappa shape index (κ3) is 2.95. The monoisotopic (exact) mass is 331 g/mol. The average Bonchev–Trinajstić information content (AvgIpc) is 3.04. The van der Waals surface area contributed by atoms with Gasteiger partial charge < -0.3 is 4.74 Å². The Morgan fingerprint density at radius 3 is 2.74 bits per heavy atom. The third-order valence-corrected chi connectivity index (χ3v) is 4.51. The van der Waals surface area contributed by atoms with Gasteiger partial charge in [-0.25, -0.2) is 4.98 Å². The molecule has 6 heteroatoms. The van der Waals surface area contributed by atoms with Crippen LogP contribution in [0.3, 0.4) is 0 Å². The number of ether oxygens (including phenoxy) is 1. The Morgan fingerprint density at radius 2 is 2.09 bits per heavy atom. The summed E-state index contributed by atoms with van der Waals surface area (Å²) in [5.41, 5.74) is 1.40. The molecule has 0 aliphatic carbocycles. The summed E-state index contributed by atoms with van der Waals surface area (Å²) in [6.45, 7) is 10.9. The van der Waals surface area contributed by atoms with Crippen LogP contribution in [-0.4, -0.2) is 21.9 Å². The van der Waals surface area contributed by atoms with Crippen molar-refractivity contribution in [2.45, 2.75) is 45.4 Å². The summed E-state index contributed by atoms with van der Waals surface area (Å²) in [6.07, 6.45) is 0. The van der Waals surface area contributed by atoms with E-state index < -0.39 is 0 Å². The number of aromatic nitrogens is 2. The minimum atomic E-state index is -0.212. The van der Waals surface area contributed by atoms with Gasteiger partial charge in [-0.1, -0.05) is 46.8 Å². The summed E-state index contributed by atoms with van der Waals surface area (Å²) < 4.78 is 10.1. The topological polar surface area (TPSA) is 64.1 Å². The highest BCUT2D eigenvalue weighted by atomic mass is 32.1. The number of hydrogen-bond donors (Lipinski definition) is 1. The van der Waals surface area contributed by atoms with E-state index >= 15 is 0 Å². The smallest absolute Gasteiger partial charge is 0.261 e. The Bertz CT molecular complexity index is 759. The van der Waals surface area contributed by atoms with Gasteiger partial charge in [0, 0.05) is 27.9 Å². The van der Waals surface area contributed by atoms with Crippen LogP contribution in [0.1, 0.15) is 56.4 Å². The molecule has 2 aromatic rings. The largest absolute Gasteiger partial charge is 0.492 e. The molecular formula is C17H21N3O2S. The lowest BCUT2D eigenvalue weighted by Crippen LogP contribution is -2.18. The second-order valence-electron chi connectivity index (χ2n) is 7.48. The lowest BCUT2D eigenvalue weighted by Gasteiger charge is -2.15. The average molecular weight is 331 g/mol. The van der Waals surface area contributed by atoms with E-state index in [9.17, 15) is 4.79 Å². The number of rotatable bonds is 2. The van der Waals surface area contributed by atoms with Crippen LogP contribution in [0.2, 0.25) is 0 Å². The summed E-state index contributed by atoms with van der Waals surface area (Å²) in [5, 5.41) is 3.34. The molecule has 0 atom stereocenters. The zero-order valence-electron chi connectivity index (χ0n) is 14.1. The van der Waals surface area contributed by atoms with Crippen molar-refractivity contribution in [1.82, 2.24) is 9.36 Å². The zero-order valence-corrected chi connectivity index (χ0v) is 14.9. The first-order valence-electron chi connectivity index (χ1n) is 7.60. The Balaban J connectivity index is 1.86. The minimum Gasteiger partial charge on any atom is -0.492 e. The van der Waals surface area contributed by atoms with Gasteiger partial charge in [-0.05, 0) is 6.07 Å². The molecule has 0 unspecified atom stereocenters. The van der Waals surface area contributed by atoms with Gasteiger partial charge in [-0.3, -0.25) is 10.1 Å². The molecule has 1 N–H and O–H groups in total. The van der Waals surface area contributed by atoms with Crippen LogP contribution in [-0.2, 0) is 10.8 Å². The van der Waals surface area contributed by atoms with Crippen molar-refractivity contribution in [3.05, 3.63) is 35.2 Å². The summed E-state index contributed by atoms with van der Waals surface area (Å²) in [6, 6.07) is 5.69. The van der Waals surface area contributed by atoms with Crippen molar-refractivity contribution >= 4 is 22.6 Å². The summed E-state index contributed by atoms with van der Waals surface area (Å²) in [4.78, 5) is 17.0. The van der Waals surface area contributed by atoms with E-state index in [1.54, 1.807) is 6.07 Å². The highest BCUT2D eigenvalue weighted by Crippen LogP contribution is 2.40. The van der Waals surface area contributed by atoms with Crippen LogP contribution < -0.4 is 10.1 Å². The summed E-state index contributed by atoms with van der Waals surface area (Å²) in [7, 11) is 0. The number of nitrogens with zero attached hydrogens (tertiary/aromatic N) is 2. The normalized spacial score (nSPS) is 15.9. The quantitative estimate of drug-likeness (QED) is 0.910. The fourth-order valence-corrected chi connectivity index (χ4v) is 3.23. The zero-order chi connectivity index (χ0) is 16.8. The van der Waals surface area contributed by atoms with Crippen LogP contribution >= 0.6 is 11.5 Å². The second kappa shape index (κ2) is 5.30. The van der Waals surface area contributed by atoms with E-state index in [4.69, 9.17) is 4.74 Å². The molecule has 23 heavy (non-hydrogen) atoms. The second-order valence-corrected chi connectivity index (χ2v) is 8.23. The van der Waals surface area contributed by atoms with E-state index in [1.807, 2.05) is 32.9 Å². The molecule has 0 fully saturated rings. The number of hydrogen-bond acceptors (Lipinski definition) is 5. The predicted octanol–water partition coefficient (Wildman–Crippen LogP) is 3.76. The van der Waals surface area contributed by atoms with Crippen LogP contribution in [0.25, 0.3) is 0 Å². The third-order valence-electron chi connectivity index (χ3n) is 3.88. The number of para-hydroxylation sites is 1. The standard InChI is InChI=1S/C17H21N3O2S/c1-16(2,3)14-19-15(23-20-14)18-13(21)10-7-6-8-11-12(10)22-9-17(11,4)5/h6-8H,9H2,1-5H3,(H,18,19,20,21). The molecule has 1 amide bonds. The first-order chi connectivity index (χ1) is 10.7. The highest BCUT2D eigenvalue weighted by molar-refractivity contribution is 7.09. The molecule has 0 saturated heterocycles. The summed E-state index contributed by atoms with van der Waals surface area (Å²) in [5.74, 6) is 1.19. The molecular weight excluding hydrogens is 310 g/mol. The van der Waals surface area contributed by atoms with Crippen molar-refractivity contribution in [3.63, 3.8) is 0 Å². The maximum Gasteiger partial charge on any atom is 0.261 e. The number of benzene rings is 1. The van der Waals surface area contributed by atoms with E-state index in [0.717, 1.165) is 11.4 Å². The Labute approximate surface area is 140 Å². The van der Waals surface area contributed by atoms with Gasteiger partial charge in [0.1, 0.15) is 11.6 Å². The van der Waals surface area contributed by atoms with Crippen molar-refractivity contribution in [1.29, 1.82) is 0 Å². The van der Waals surface area contributed by atoms with E-state index in [-0.39, 0.29) is 16.7 Å². The fraction of sp³-hybridized carbons (Fsp3) is 0.471. The molecule has 1 aromatic carbocycles. The van der Waals surface area contributed by atoms with Gasteiger partial charge in [-0.2, -0.15) is 4.37 Å². The molecule has 1 aliphatic heterocycles. The molecule has 5 nitrogen and oxygen atoms in total. The molecule has 2 heterocycles. The number of anilines is 1. The molecule has 0 saturated carbocycles. The number of amides is 1. The number of carbonyl (C=O) groups is 1. The van der Waals surface area contributed by atoms with Gasteiger partial charge in [0.15, 0.2) is 0 Å². The molecule has 0 radical (unpaired) electrons. The Kier molecular flexibility index (Phi) is 3.67. The van der Waals surface area contributed by atoms with Crippen LogP contribution in [0, 0.1) is 0 Å². The van der Waals surface area contributed by atoms with Crippen LogP contribution in [0.4, 0.5) is 5.13 Å². The van der Waals surface area contributed by atoms with Crippen LogP contribution in [0.15, 0.2) is 18.2 Å². The highest BCUT2D eigenvalue weighted by Gasteiger charge is 2.34. The summed E-state index contributed by atoms with van der Waals surface area (Å²) >= 11 is 1.20. The molecule has 1 aliphatic rings. The maximum atomic E-state index is 12.6. The first-order valence-corrected chi connectivity index (χ1v) is 8.38. The Morgan fingerprint density at radius 1 is 1.35 bits per heavy atom. The lowest BCUT2D eigenvalue weighted by molar-refractivity contribution is 0.102. The predicted molar refractivity (Wildman–Crippen MR) is 91.5 cm³/mol. The van der Waals surface area contributed by atoms with Crippen molar-refractivity contribution in [2.75, 3.05) is 11.9 Å². The van der Waals surface area contributed by atoms with E-state index in [1.165, 1.54) is 11.5 Å². The van der Waals surface area contributed by atoms with Gasteiger partial charge in [0.05, 0.1) is 12.2 Å². The van der Waals surface area contributed by atoms with Gasteiger partial charge in [0.2, 0.25) is 5.13 Å². The molecule has 1 aromatic heterocycles.